The molecule has 112 valence electrons. The van der Waals surface area contributed by atoms with E-state index in [4.69, 9.17) is 5.73 Å². The molecule has 5 nitrogen and oxygen atoms in total. The third-order valence-electron chi connectivity index (χ3n) is 2.61. The van der Waals surface area contributed by atoms with Gasteiger partial charge in [0.2, 0.25) is 5.13 Å². The van der Waals surface area contributed by atoms with Crippen LogP contribution in [0.5, 0.6) is 0 Å². The van der Waals surface area contributed by atoms with Crippen LogP contribution in [0.1, 0.15) is 29.2 Å². The fraction of sp³-hybridized carbons (Fsp3) is 0.308. The second-order valence-corrected chi connectivity index (χ2v) is 5.97. The van der Waals surface area contributed by atoms with Crippen LogP contribution < -0.4 is 11.1 Å². The van der Waals surface area contributed by atoms with Gasteiger partial charge in [-0.3, -0.25) is 10.1 Å². The number of aromatic nitrogens is 2. The maximum Gasteiger partial charge on any atom is 0.259 e. The Labute approximate surface area is 124 Å². The Hall–Kier alpha value is -2.09. The molecule has 0 unspecified atom stereocenters. The average Bonchev–Trinajstić information content (AvgIpc) is 2.80. The fourth-order valence-corrected chi connectivity index (χ4v) is 2.61. The second kappa shape index (κ2) is 6.13. The van der Waals surface area contributed by atoms with Gasteiger partial charge in [0.05, 0.1) is 5.56 Å². The monoisotopic (exact) mass is 312 g/mol. The van der Waals surface area contributed by atoms with Gasteiger partial charge in [-0.1, -0.05) is 25.2 Å². The number of nitrogens with two attached hydrogens (primary N) is 1. The number of carbonyl (C=O) groups excluding carboxylic acids is 1. The Kier molecular flexibility index (Phi) is 4.46. The van der Waals surface area contributed by atoms with Gasteiger partial charge in [0.1, 0.15) is 5.01 Å². The fourth-order valence-electron chi connectivity index (χ4n) is 1.66. The van der Waals surface area contributed by atoms with Crippen LogP contribution in [-0.4, -0.2) is 16.1 Å². The molecule has 0 fully saturated rings. The van der Waals surface area contributed by atoms with Gasteiger partial charge in [0.15, 0.2) is 11.6 Å². The first-order valence-electron chi connectivity index (χ1n) is 6.25. The SMILES string of the molecule is CC(C)Cc1nnc(NC(=O)c2cc(F)c(F)cc2N)s1. The Morgan fingerprint density at radius 3 is 2.67 bits per heavy atom. The van der Waals surface area contributed by atoms with Gasteiger partial charge in [0.25, 0.3) is 5.91 Å². The summed E-state index contributed by atoms with van der Waals surface area (Å²) < 4.78 is 26.1. The van der Waals surface area contributed by atoms with Crippen LogP contribution in [0.15, 0.2) is 12.1 Å². The molecule has 21 heavy (non-hydrogen) atoms. The van der Waals surface area contributed by atoms with E-state index >= 15 is 0 Å². The molecular formula is C13H14F2N4OS. The van der Waals surface area contributed by atoms with Crippen LogP contribution in [0.2, 0.25) is 0 Å². The van der Waals surface area contributed by atoms with E-state index in [-0.39, 0.29) is 11.3 Å². The third-order valence-corrected chi connectivity index (χ3v) is 3.47. The lowest BCUT2D eigenvalue weighted by atomic mass is 10.1. The normalized spacial score (nSPS) is 10.9. The van der Waals surface area contributed by atoms with E-state index < -0.39 is 17.5 Å². The van der Waals surface area contributed by atoms with E-state index in [1.165, 1.54) is 11.3 Å². The average molecular weight is 312 g/mol. The molecule has 0 saturated carbocycles. The molecule has 1 heterocycles. The van der Waals surface area contributed by atoms with Crippen molar-refractivity contribution in [2.24, 2.45) is 5.92 Å². The molecule has 8 heteroatoms. The van der Waals surface area contributed by atoms with Crippen molar-refractivity contribution in [3.63, 3.8) is 0 Å². The van der Waals surface area contributed by atoms with Gasteiger partial charge in [-0.15, -0.1) is 10.2 Å². The zero-order chi connectivity index (χ0) is 15.6. The molecule has 1 amide bonds. The quantitative estimate of drug-likeness (QED) is 0.851. The lowest BCUT2D eigenvalue weighted by Gasteiger charge is -2.05. The standard InChI is InChI=1S/C13H14F2N4OS/c1-6(2)3-11-18-19-13(21-11)17-12(20)7-4-8(14)9(15)5-10(7)16/h4-6H,3,16H2,1-2H3,(H,17,19,20). The number of halogens is 2. The molecule has 0 radical (unpaired) electrons. The maximum atomic E-state index is 13.2. The Morgan fingerprint density at radius 1 is 1.33 bits per heavy atom. The molecule has 3 N–H and O–H groups in total. The topological polar surface area (TPSA) is 80.9 Å². The molecule has 0 aliphatic rings. The van der Waals surface area contributed by atoms with Gasteiger partial charge in [0, 0.05) is 18.2 Å². The van der Waals surface area contributed by atoms with Gasteiger partial charge < -0.3 is 5.73 Å². The highest BCUT2D eigenvalue weighted by atomic mass is 32.1. The van der Waals surface area contributed by atoms with Crippen LogP contribution in [0.4, 0.5) is 19.6 Å². The van der Waals surface area contributed by atoms with E-state index in [0.29, 0.717) is 11.0 Å². The van der Waals surface area contributed by atoms with Gasteiger partial charge in [-0.25, -0.2) is 8.78 Å². The van der Waals surface area contributed by atoms with Crippen LogP contribution in [0, 0.1) is 17.6 Å². The first-order chi connectivity index (χ1) is 9.86. The van der Waals surface area contributed by atoms with Crippen LogP contribution in [0.25, 0.3) is 0 Å². The molecule has 2 rings (SSSR count). The number of nitrogens with zero attached hydrogens (tertiary/aromatic N) is 2. The van der Waals surface area contributed by atoms with Crippen molar-refractivity contribution in [3.05, 3.63) is 34.3 Å². The van der Waals surface area contributed by atoms with Crippen molar-refractivity contribution in [2.75, 3.05) is 11.1 Å². The van der Waals surface area contributed by atoms with Gasteiger partial charge >= 0.3 is 0 Å². The number of nitrogen functional groups attached to an aromatic ring is 1. The van der Waals surface area contributed by atoms with E-state index in [1.807, 2.05) is 13.8 Å². The molecule has 0 spiro atoms. The molecule has 0 atom stereocenters. The molecule has 1 aromatic carbocycles. The minimum atomic E-state index is -1.13. The number of benzene rings is 1. The van der Waals surface area contributed by atoms with Crippen LogP contribution in [-0.2, 0) is 6.42 Å². The number of rotatable bonds is 4. The highest BCUT2D eigenvalue weighted by molar-refractivity contribution is 7.15. The number of anilines is 2. The first kappa shape index (κ1) is 15.3. The van der Waals surface area contributed by atoms with E-state index in [0.717, 1.165) is 23.6 Å². The molecular weight excluding hydrogens is 298 g/mol. The summed E-state index contributed by atoms with van der Waals surface area (Å²) in [5.74, 6) is -2.46. The van der Waals surface area contributed by atoms with Crippen molar-refractivity contribution in [1.82, 2.24) is 10.2 Å². The number of hydrogen-bond donors (Lipinski definition) is 2. The number of amides is 1. The smallest absolute Gasteiger partial charge is 0.259 e. The Morgan fingerprint density at radius 2 is 2.00 bits per heavy atom. The van der Waals surface area contributed by atoms with Crippen LogP contribution >= 0.6 is 11.3 Å². The Balaban J connectivity index is 2.14. The summed E-state index contributed by atoms with van der Waals surface area (Å²) in [7, 11) is 0. The lowest BCUT2D eigenvalue weighted by molar-refractivity contribution is 0.102. The summed E-state index contributed by atoms with van der Waals surface area (Å²) in [6.07, 6.45) is 0.751. The minimum absolute atomic E-state index is 0.140. The van der Waals surface area contributed by atoms with Gasteiger partial charge in [-0.05, 0) is 12.0 Å². The van der Waals surface area contributed by atoms with Crippen molar-refractivity contribution in [2.45, 2.75) is 20.3 Å². The van der Waals surface area contributed by atoms with E-state index in [1.54, 1.807) is 0 Å². The predicted octanol–water partition coefficient (Wildman–Crippen LogP) is 2.85. The summed E-state index contributed by atoms with van der Waals surface area (Å²) in [4.78, 5) is 12.0. The molecule has 2 aromatic rings. The number of hydrogen-bond acceptors (Lipinski definition) is 5. The zero-order valence-corrected chi connectivity index (χ0v) is 12.3. The van der Waals surface area contributed by atoms with Crippen LogP contribution in [0.3, 0.4) is 0 Å². The number of carbonyl (C=O) groups is 1. The summed E-state index contributed by atoms with van der Waals surface area (Å²) >= 11 is 1.23. The molecule has 0 bridgehead atoms. The highest BCUT2D eigenvalue weighted by Gasteiger charge is 2.16. The minimum Gasteiger partial charge on any atom is -0.398 e. The lowest BCUT2D eigenvalue weighted by Crippen LogP contribution is -2.14. The van der Waals surface area contributed by atoms with E-state index in [2.05, 4.69) is 15.5 Å². The second-order valence-electron chi connectivity index (χ2n) is 4.91. The molecule has 1 aromatic heterocycles. The number of nitrogens with one attached hydrogen (secondary N) is 1. The third kappa shape index (κ3) is 3.72. The Bertz CT molecular complexity index is 672. The van der Waals surface area contributed by atoms with Crippen molar-refractivity contribution >= 4 is 28.1 Å². The van der Waals surface area contributed by atoms with Crippen molar-refractivity contribution < 1.29 is 13.6 Å². The molecule has 0 aliphatic heterocycles. The van der Waals surface area contributed by atoms with Crippen molar-refractivity contribution in [1.29, 1.82) is 0 Å². The molecule has 0 aliphatic carbocycles. The van der Waals surface area contributed by atoms with Crippen molar-refractivity contribution in [3.8, 4) is 0 Å². The summed E-state index contributed by atoms with van der Waals surface area (Å²) in [5.41, 5.74) is 5.23. The zero-order valence-electron chi connectivity index (χ0n) is 11.5. The predicted molar refractivity (Wildman–Crippen MR) is 77.2 cm³/mol. The summed E-state index contributed by atoms with van der Waals surface area (Å²) in [6.45, 7) is 4.09. The molecule has 0 saturated heterocycles. The summed E-state index contributed by atoms with van der Waals surface area (Å²) in [6, 6.07) is 1.53. The first-order valence-corrected chi connectivity index (χ1v) is 7.06. The largest absolute Gasteiger partial charge is 0.398 e. The van der Waals surface area contributed by atoms with E-state index in [9.17, 15) is 13.6 Å². The van der Waals surface area contributed by atoms with Gasteiger partial charge in [-0.2, -0.15) is 0 Å². The highest BCUT2D eigenvalue weighted by Crippen LogP contribution is 2.21. The summed E-state index contributed by atoms with van der Waals surface area (Å²) in [5, 5.41) is 11.3. The maximum absolute atomic E-state index is 13.2.